The Bertz CT molecular complexity index is 1090. The van der Waals surface area contributed by atoms with Crippen LogP contribution in [-0.4, -0.2) is 37.0 Å². The summed E-state index contributed by atoms with van der Waals surface area (Å²) in [6.07, 6.45) is 2.13. The average Bonchev–Trinajstić information content (AvgIpc) is 3.17. The summed E-state index contributed by atoms with van der Waals surface area (Å²) in [4.78, 5) is 12.6. The number of hydrogen-bond acceptors (Lipinski definition) is 5. The molecule has 30 heavy (non-hydrogen) atoms. The van der Waals surface area contributed by atoms with Crippen LogP contribution in [0.1, 0.15) is 34.6 Å². The van der Waals surface area contributed by atoms with Crippen LogP contribution in [0.4, 0.5) is 5.82 Å². The lowest BCUT2D eigenvalue weighted by molar-refractivity contribution is -0.116. The summed E-state index contributed by atoms with van der Waals surface area (Å²) in [6.45, 7) is 4.07. The van der Waals surface area contributed by atoms with Crippen molar-refractivity contribution in [1.29, 1.82) is 0 Å². The van der Waals surface area contributed by atoms with Gasteiger partial charge < -0.3 is 19.5 Å². The second-order valence-electron chi connectivity index (χ2n) is 7.41. The van der Waals surface area contributed by atoms with E-state index in [4.69, 9.17) is 14.2 Å². The molecule has 0 saturated carbocycles. The summed E-state index contributed by atoms with van der Waals surface area (Å²) in [7, 11) is 4.73. The van der Waals surface area contributed by atoms with Crippen molar-refractivity contribution in [3.05, 3.63) is 58.8 Å². The largest absolute Gasteiger partial charge is 0.493 e. The molecule has 2 heterocycles. The van der Waals surface area contributed by atoms with Crippen LogP contribution < -0.4 is 19.5 Å². The molecule has 1 atom stereocenters. The molecule has 2 aromatic carbocycles. The summed E-state index contributed by atoms with van der Waals surface area (Å²) in [5.74, 6) is 2.09. The van der Waals surface area contributed by atoms with E-state index in [0.717, 1.165) is 27.9 Å². The molecule has 1 aromatic heterocycles. The maximum atomic E-state index is 12.6. The van der Waals surface area contributed by atoms with Crippen molar-refractivity contribution in [3.8, 4) is 22.9 Å². The number of benzene rings is 2. The quantitative estimate of drug-likeness (QED) is 0.692. The summed E-state index contributed by atoms with van der Waals surface area (Å²) in [5, 5.41) is 7.62. The summed E-state index contributed by atoms with van der Waals surface area (Å²) < 4.78 is 18.2. The molecule has 7 nitrogen and oxygen atoms in total. The third-order valence-corrected chi connectivity index (χ3v) is 5.50. The lowest BCUT2D eigenvalue weighted by Crippen LogP contribution is -2.24. The number of rotatable bonds is 5. The SMILES string of the molecule is COc1cc(C2CC(=O)Nc3c2cnn3-c2cc(C)ccc2C)cc(OC)c1OC. The van der Waals surface area contributed by atoms with E-state index in [9.17, 15) is 4.79 Å². The zero-order valence-electron chi connectivity index (χ0n) is 17.8. The summed E-state index contributed by atoms with van der Waals surface area (Å²) in [6, 6.07) is 9.97. The van der Waals surface area contributed by atoms with Crippen LogP contribution in [0.5, 0.6) is 17.2 Å². The van der Waals surface area contributed by atoms with Gasteiger partial charge in [0.15, 0.2) is 11.5 Å². The third kappa shape index (κ3) is 3.26. The molecule has 0 spiro atoms. The maximum Gasteiger partial charge on any atom is 0.226 e. The number of aryl methyl sites for hydroxylation is 2. The molecule has 7 heteroatoms. The molecule has 0 saturated heterocycles. The van der Waals surface area contributed by atoms with Gasteiger partial charge in [0, 0.05) is 17.9 Å². The number of nitrogens with one attached hydrogen (secondary N) is 1. The molecule has 1 amide bonds. The number of methoxy groups -OCH3 is 3. The number of amides is 1. The summed E-state index contributed by atoms with van der Waals surface area (Å²) >= 11 is 0. The van der Waals surface area contributed by atoms with Crippen LogP contribution in [-0.2, 0) is 4.79 Å². The minimum Gasteiger partial charge on any atom is -0.493 e. The van der Waals surface area contributed by atoms with Crippen molar-refractivity contribution in [3.63, 3.8) is 0 Å². The molecule has 0 fully saturated rings. The standard InChI is InChI=1S/C23H25N3O4/c1-13-6-7-14(2)18(8-13)26-23-17(12-24-26)16(11-21(27)25-23)15-9-19(28-3)22(30-5)20(10-15)29-4/h6-10,12,16H,11H2,1-5H3,(H,25,27). The Labute approximate surface area is 175 Å². The second kappa shape index (κ2) is 7.74. The number of nitrogens with zero attached hydrogens (tertiary/aromatic N) is 2. The van der Waals surface area contributed by atoms with Gasteiger partial charge in [0.2, 0.25) is 11.7 Å². The van der Waals surface area contributed by atoms with E-state index < -0.39 is 0 Å². The number of aromatic nitrogens is 2. The third-order valence-electron chi connectivity index (χ3n) is 5.50. The minimum absolute atomic E-state index is 0.0618. The highest BCUT2D eigenvalue weighted by atomic mass is 16.5. The van der Waals surface area contributed by atoms with Crippen LogP contribution in [0.2, 0.25) is 0 Å². The molecule has 1 N–H and O–H groups in total. The molecule has 156 valence electrons. The molecule has 4 rings (SSSR count). The van der Waals surface area contributed by atoms with Crippen molar-refractivity contribution >= 4 is 11.7 Å². The zero-order chi connectivity index (χ0) is 21.4. The number of carbonyl (C=O) groups is 1. The Hall–Kier alpha value is -3.48. The van der Waals surface area contributed by atoms with Crippen molar-refractivity contribution in [2.75, 3.05) is 26.6 Å². The van der Waals surface area contributed by atoms with E-state index in [-0.39, 0.29) is 11.8 Å². The summed E-state index contributed by atoms with van der Waals surface area (Å²) in [5.41, 5.74) is 5.01. The zero-order valence-corrected chi connectivity index (χ0v) is 17.8. The number of fused-ring (bicyclic) bond motifs is 1. The first-order chi connectivity index (χ1) is 14.5. The first kappa shape index (κ1) is 19.8. The molecule has 1 unspecified atom stereocenters. The van der Waals surface area contributed by atoms with Gasteiger partial charge in [0.1, 0.15) is 5.82 Å². The van der Waals surface area contributed by atoms with E-state index in [0.29, 0.717) is 29.5 Å². The normalized spacial score (nSPS) is 15.4. The van der Waals surface area contributed by atoms with Gasteiger partial charge >= 0.3 is 0 Å². The topological polar surface area (TPSA) is 74.6 Å². The van der Waals surface area contributed by atoms with Gasteiger partial charge in [-0.05, 0) is 48.7 Å². The minimum atomic E-state index is -0.179. The van der Waals surface area contributed by atoms with E-state index >= 15 is 0 Å². The molecule has 0 radical (unpaired) electrons. The van der Waals surface area contributed by atoms with E-state index in [1.807, 2.05) is 32.2 Å². The van der Waals surface area contributed by atoms with Crippen LogP contribution in [0.25, 0.3) is 5.69 Å². The van der Waals surface area contributed by atoms with Crippen LogP contribution in [0.15, 0.2) is 36.5 Å². The molecule has 1 aliphatic heterocycles. The Balaban J connectivity index is 1.86. The molecular weight excluding hydrogens is 382 g/mol. The number of hydrogen-bond donors (Lipinski definition) is 1. The van der Waals surface area contributed by atoms with Gasteiger partial charge in [-0.15, -0.1) is 0 Å². The van der Waals surface area contributed by atoms with E-state index in [1.54, 1.807) is 26.0 Å². The van der Waals surface area contributed by atoms with E-state index in [1.165, 1.54) is 0 Å². The number of anilines is 1. The van der Waals surface area contributed by atoms with Gasteiger partial charge in [0.05, 0.1) is 33.2 Å². The second-order valence-corrected chi connectivity index (χ2v) is 7.41. The Kier molecular flexibility index (Phi) is 5.11. The van der Waals surface area contributed by atoms with Crippen LogP contribution in [0, 0.1) is 13.8 Å². The highest BCUT2D eigenvalue weighted by Gasteiger charge is 2.32. The lowest BCUT2D eigenvalue weighted by Gasteiger charge is -2.25. The van der Waals surface area contributed by atoms with Gasteiger partial charge in [-0.25, -0.2) is 4.68 Å². The van der Waals surface area contributed by atoms with Gasteiger partial charge in [-0.3, -0.25) is 4.79 Å². The van der Waals surface area contributed by atoms with Crippen molar-refractivity contribution < 1.29 is 19.0 Å². The maximum absolute atomic E-state index is 12.6. The molecule has 1 aliphatic rings. The lowest BCUT2D eigenvalue weighted by atomic mass is 9.87. The number of carbonyl (C=O) groups excluding carboxylic acids is 1. The van der Waals surface area contributed by atoms with Gasteiger partial charge in [-0.1, -0.05) is 12.1 Å². The fourth-order valence-electron chi connectivity index (χ4n) is 3.95. The Morgan fingerprint density at radius 1 is 1.03 bits per heavy atom. The van der Waals surface area contributed by atoms with E-state index in [2.05, 4.69) is 28.6 Å². The van der Waals surface area contributed by atoms with Crippen LogP contribution >= 0.6 is 0 Å². The van der Waals surface area contributed by atoms with Crippen molar-refractivity contribution in [1.82, 2.24) is 9.78 Å². The smallest absolute Gasteiger partial charge is 0.226 e. The van der Waals surface area contributed by atoms with Gasteiger partial charge in [-0.2, -0.15) is 5.10 Å². The predicted octanol–water partition coefficient (Wildman–Crippen LogP) is 3.99. The monoisotopic (exact) mass is 407 g/mol. The fraction of sp³-hybridized carbons (Fsp3) is 0.304. The van der Waals surface area contributed by atoms with Crippen molar-refractivity contribution in [2.45, 2.75) is 26.2 Å². The first-order valence-electron chi connectivity index (χ1n) is 9.72. The van der Waals surface area contributed by atoms with Gasteiger partial charge in [0.25, 0.3) is 0 Å². The molecular formula is C23H25N3O4. The average molecular weight is 407 g/mol. The Morgan fingerprint density at radius 2 is 1.73 bits per heavy atom. The first-order valence-corrected chi connectivity index (χ1v) is 9.72. The predicted molar refractivity (Wildman–Crippen MR) is 114 cm³/mol. The van der Waals surface area contributed by atoms with Crippen molar-refractivity contribution in [2.24, 2.45) is 0 Å². The Morgan fingerprint density at radius 3 is 2.37 bits per heavy atom. The van der Waals surface area contributed by atoms with Crippen LogP contribution in [0.3, 0.4) is 0 Å². The molecule has 3 aromatic rings. The highest BCUT2D eigenvalue weighted by molar-refractivity contribution is 5.94. The molecule has 0 bridgehead atoms. The highest BCUT2D eigenvalue weighted by Crippen LogP contribution is 2.45. The number of ether oxygens (including phenoxy) is 3. The molecule has 0 aliphatic carbocycles. The fourth-order valence-corrected chi connectivity index (χ4v) is 3.95.